The molecule has 0 spiro atoms. The minimum absolute atomic E-state index is 0.0637. The minimum atomic E-state index is -3.79. The molecule has 6 heterocycles. The molecule has 4 aromatic rings. The van der Waals surface area contributed by atoms with E-state index >= 15 is 0 Å². The van der Waals surface area contributed by atoms with Gasteiger partial charge in [0.1, 0.15) is 40.9 Å². The second-order valence-electron chi connectivity index (χ2n) is 31.5. The van der Waals surface area contributed by atoms with Gasteiger partial charge in [-0.3, -0.25) is 28.6 Å². The number of fused-ring (bicyclic) bond motifs is 6. The molecule has 556 valence electrons. The van der Waals surface area contributed by atoms with Crippen molar-refractivity contribution in [3.8, 4) is 17.4 Å². The number of pyridine rings is 2. The number of amides is 6. The predicted octanol–water partition coefficient (Wildman–Crippen LogP) is 7.72. The van der Waals surface area contributed by atoms with E-state index < -0.39 is 130 Å². The SMILES string of the molecule is C=CC[C@@](C)(NC[C@@H]1C[C@@H](O)CN1C(=O)[C@@H](NC(=O)OC(C)(C)C)C(C)(C)C)C(=O)NS(=O)(=O)C1CC1.C=CC[C@@](C)(NC[C@@H]1C[C@@H](Oc2nc3c(c4ccccc24)OCC3)CN1C(=O)[C@@H](NC(=O)OC(C)(C)C)C(C)(C)C)C(=O)NS(=O)(=O)C1CC1.Fc1nc2c(c3ccccc13)OCC2. The van der Waals surface area contributed by atoms with Gasteiger partial charge in [0.2, 0.25) is 43.7 Å². The number of β-amino-alcohol motifs (C(OH)–C–C–N with tert-alkyl or cyclic N) is 1. The van der Waals surface area contributed by atoms with Crippen molar-refractivity contribution in [3.05, 3.63) is 91.2 Å². The second kappa shape index (κ2) is 31.1. The van der Waals surface area contributed by atoms with E-state index in [1.54, 1.807) is 78.5 Å². The van der Waals surface area contributed by atoms with E-state index in [1.165, 1.54) is 11.0 Å². The summed E-state index contributed by atoms with van der Waals surface area (Å²) >= 11 is 0. The first-order chi connectivity index (χ1) is 47.0. The van der Waals surface area contributed by atoms with Gasteiger partial charge in [0.25, 0.3) is 11.8 Å². The van der Waals surface area contributed by atoms with Crippen LogP contribution in [0.15, 0.2) is 73.8 Å². The summed E-state index contributed by atoms with van der Waals surface area (Å²) in [5, 5.41) is 24.2. The molecule has 101 heavy (non-hydrogen) atoms. The summed E-state index contributed by atoms with van der Waals surface area (Å²) in [6.07, 6.45) is 4.72. The number of aliphatic hydroxyl groups is 1. The lowest BCUT2D eigenvalue weighted by Crippen LogP contribution is -2.60. The molecule has 2 saturated heterocycles. The quantitative estimate of drug-likeness (QED) is 0.0292. The fourth-order valence-electron chi connectivity index (χ4n) is 12.3. The lowest BCUT2D eigenvalue weighted by molar-refractivity contribution is -0.138. The maximum absolute atomic E-state index is 14.5. The third-order valence-electron chi connectivity index (χ3n) is 18.1. The van der Waals surface area contributed by atoms with Gasteiger partial charge >= 0.3 is 12.2 Å². The number of benzene rings is 2. The van der Waals surface area contributed by atoms with E-state index in [0.717, 1.165) is 39.0 Å². The molecule has 7 N–H and O–H groups in total. The van der Waals surface area contributed by atoms with Crippen molar-refractivity contribution in [2.24, 2.45) is 10.8 Å². The molecule has 4 aliphatic heterocycles. The average Bonchev–Trinajstić information content (AvgIpc) is 1.67. The van der Waals surface area contributed by atoms with Gasteiger partial charge in [-0.1, -0.05) is 90.1 Å². The molecule has 26 nitrogen and oxygen atoms in total. The lowest BCUT2D eigenvalue weighted by Gasteiger charge is -2.37. The van der Waals surface area contributed by atoms with E-state index in [9.17, 15) is 55.1 Å². The van der Waals surface area contributed by atoms with Crippen LogP contribution in [-0.4, -0.2) is 186 Å². The Morgan fingerprint density at radius 3 is 1.42 bits per heavy atom. The van der Waals surface area contributed by atoms with E-state index in [1.807, 2.05) is 77.9 Å². The Bertz CT molecular complexity index is 3990. The van der Waals surface area contributed by atoms with Crippen LogP contribution in [0.1, 0.15) is 160 Å². The first-order valence-electron chi connectivity index (χ1n) is 34.5. The summed E-state index contributed by atoms with van der Waals surface area (Å²) in [6, 6.07) is 12.1. The summed E-state index contributed by atoms with van der Waals surface area (Å²) in [4.78, 5) is 91.8. The predicted molar refractivity (Wildman–Crippen MR) is 380 cm³/mol. The van der Waals surface area contributed by atoms with Crippen molar-refractivity contribution < 1.29 is 78.8 Å². The van der Waals surface area contributed by atoms with Crippen molar-refractivity contribution in [1.29, 1.82) is 0 Å². The number of sulfonamides is 2. The zero-order valence-corrected chi connectivity index (χ0v) is 62.3. The molecular weight excluding hydrogens is 1340 g/mol. The van der Waals surface area contributed by atoms with Gasteiger partial charge in [-0.05, 0) is 123 Å². The minimum Gasteiger partial charge on any atom is -0.491 e. The maximum atomic E-state index is 14.5. The van der Waals surface area contributed by atoms with Gasteiger partial charge in [0, 0.05) is 72.5 Å². The molecule has 10 rings (SSSR count). The van der Waals surface area contributed by atoms with Crippen LogP contribution in [0.5, 0.6) is 17.4 Å². The Labute approximate surface area is 592 Å². The fourth-order valence-corrected chi connectivity index (χ4v) is 15.1. The number of aliphatic hydroxyl groups excluding tert-OH is 1. The lowest BCUT2D eigenvalue weighted by atomic mass is 9.85. The Kier molecular flexibility index (Phi) is 24.3. The molecule has 29 heteroatoms. The van der Waals surface area contributed by atoms with Crippen LogP contribution >= 0.6 is 0 Å². The van der Waals surface area contributed by atoms with Crippen molar-refractivity contribution in [2.45, 2.75) is 230 Å². The number of likely N-dealkylation sites (tertiary alicyclic amines) is 2. The largest absolute Gasteiger partial charge is 0.491 e. The van der Waals surface area contributed by atoms with Gasteiger partial charge < -0.3 is 59.9 Å². The van der Waals surface area contributed by atoms with Gasteiger partial charge in [-0.25, -0.2) is 36.4 Å². The number of carbonyl (C=O) groups excluding carboxylic acids is 6. The normalized spacial score (nSPS) is 20.8. The first-order valence-corrected chi connectivity index (χ1v) is 37.6. The van der Waals surface area contributed by atoms with Crippen molar-refractivity contribution in [1.82, 2.24) is 50.5 Å². The highest BCUT2D eigenvalue weighted by atomic mass is 32.2. The Hall–Kier alpha value is -7.73. The van der Waals surface area contributed by atoms with E-state index in [2.05, 4.69) is 48.9 Å². The third kappa shape index (κ3) is 20.3. The number of carbonyl (C=O) groups is 6. The van der Waals surface area contributed by atoms with Crippen LogP contribution < -0.4 is 44.9 Å². The summed E-state index contributed by atoms with van der Waals surface area (Å²) < 4.78 is 96.6. The van der Waals surface area contributed by atoms with Crippen LogP contribution in [0.3, 0.4) is 0 Å². The number of alkyl carbamates (subject to hydrolysis) is 2. The maximum Gasteiger partial charge on any atom is 0.408 e. The summed E-state index contributed by atoms with van der Waals surface area (Å²) in [6.45, 7) is 33.8. The highest BCUT2D eigenvalue weighted by Crippen LogP contribution is 2.40. The molecule has 2 aromatic heterocycles. The number of rotatable bonds is 22. The number of nitrogens with one attached hydrogen (secondary N) is 6. The highest BCUT2D eigenvalue weighted by Gasteiger charge is 2.48. The Balaban J connectivity index is 0.000000220. The summed E-state index contributed by atoms with van der Waals surface area (Å²) in [7, 11) is -7.53. The smallest absolute Gasteiger partial charge is 0.408 e. The summed E-state index contributed by atoms with van der Waals surface area (Å²) in [5.74, 6) is -0.565. The number of nitrogens with zero attached hydrogens (tertiary/aromatic N) is 4. The molecule has 0 unspecified atom stereocenters. The molecule has 2 aliphatic carbocycles. The molecule has 2 saturated carbocycles. The third-order valence-corrected chi connectivity index (χ3v) is 21.7. The number of ether oxygens (including phenoxy) is 5. The van der Waals surface area contributed by atoms with Crippen LogP contribution in [0, 0.1) is 16.8 Å². The Morgan fingerprint density at radius 1 is 0.604 bits per heavy atom. The zero-order chi connectivity index (χ0) is 74.6. The van der Waals surface area contributed by atoms with Gasteiger partial charge in [0.15, 0.2) is 0 Å². The molecule has 6 aliphatic rings. The van der Waals surface area contributed by atoms with Crippen molar-refractivity contribution in [2.75, 3.05) is 39.4 Å². The molecular formula is C72H103FN10O16S2. The van der Waals surface area contributed by atoms with E-state index in [4.69, 9.17) is 28.7 Å². The van der Waals surface area contributed by atoms with Crippen LogP contribution in [0.4, 0.5) is 14.0 Å². The van der Waals surface area contributed by atoms with Gasteiger partial charge in [-0.2, -0.15) is 4.39 Å². The molecule has 6 amide bonds. The zero-order valence-electron chi connectivity index (χ0n) is 60.7. The van der Waals surface area contributed by atoms with Gasteiger partial charge in [0.05, 0.1) is 58.8 Å². The monoisotopic (exact) mass is 1450 g/mol. The molecule has 0 radical (unpaired) electrons. The van der Waals surface area contributed by atoms with Crippen LogP contribution in [0.2, 0.25) is 0 Å². The number of halogens is 1. The molecule has 2 aromatic carbocycles. The first kappa shape index (κ1) is 79.0. The Morgan fingerprint density at radius 2 is 1.00 bits per heavy atom. The van der Waals surface area contributed by atoms with Crippen LogP contribution in [0.25, 0.3) is 21.5 Å². The van der Waals surface area contributed by atoms with Crippen molar-refractivity contribution in [3.63, 3.8) is 0 Å². The molecule has 0 bridgehead atoms. The van der Waals surface area contributed by atoms with E-state index in [0.29, 0.717) is 69.4 Å². The fraction of sp³-hybridized carbons (Fsp3) is 0.611. The summed E-state index contributed by atoms with van der Waals surface area (Å²) in [5.41, 5.74) is -3.96. The average molecular weight is 1450 g/mol. The topological polar surface area (TPSA) is 342 Å². The number of aromatic nitrogens is 2. The molecule has 4 fully saturated rings. The van der Waals surface area contributed by atoms with E-state index in [-0.39, 0.29) is 57.3 Å². The van der Waals surface area contributed by atoms with Crippen LogP contribution in [-0.2, 0) is 61.5 Å². The second-order valence-corrected chi connectivity index (χ2v) is 35.4. The number of hydrogen-bond acceptors (Lipinski definition) is 20. The number of hydrogen-bond donors (Lipinski definition) is 7. The van der Waals surface area contributed by atoms with Gasteiger partial charge in [-0.15, -0.1) is 13.2 Å². The standard InChI is InChI=1S/C36H51N5O8S.C25H44N4O7S.C11H8FNO/c1-9-17-36(8,32(43)40-50(45,46)24-14-15-24)37-20-22-19-23(48-30-26-13-11-10-12-25(26)28-27(38-30)16-18-47-28)21-41(22)31(42)29(34(2,3)4)39-33(44)49-35(5,6)7;1-9-12-25(8,21(32)28-37(34,35)18-10-11-18)26-14-16-13-17(30)15-29(16)20(31)19(23(2,3)4)27-22(33)36-24(5,6)7;12-11-8-4-2-1-3-7(8)10-9(13-11)5-6-14-10/h9-13,22-24,29,37H,1,14-21H2,2-8H3,(H,39,44)(H,40,43);9,16-19,26,30H,1,10-15H2,2-8H3,(H,27,33)(H,28,32);1-4H,5-6H2/t22-,23+,29+,36+;16-,17+,19+,25+;/m00./s1. The highest BCUT2D eigenvalue weighted by molar-refractivity contribution is 7.91. The van der Waals surface area contributed by atoms with Crippen molar-refractivity contribution >= 4 is 77.4 Å². The molecule has 8 atom stereocenters.